The van der Waals surface area contributed by atoms with Crippen molar-refractivity contribution in [3.8, 4) is 0 Å². The van der Waals surface area contributed by atoms with Gasteiger partial charge in [0.05, 0.1) is 16.3 Å². The van der Waals surface area contributed by atoms with Crippen molar-refractivity contribution >= 4 is 46.2 Å². The summed E-state index contributed by atoms with van der Waals surface area (Å²) in [6.07, 6.45) is 0. The Bertz CT molecular complexity index is 838. The van der Waals surface area contributed by atoms with Crippen LogP contribution in [0.15, 0.2) is 36.4 Å². The second-order valence-corrected chi connectivity index (χ2v) is 5.33. The molecule has 8 nitrogen and oxygen atoms in total. The molecule has 0 bridgehead atoms. The molecule has 24 heavy (non-hydrogen) atoms. The molecule has 0 saturated carbocycles. The number of nitrogens with one attached hydrogen (secondary N) is 2. The van der Waals surface area contributed by atoms with Crippen LogP contribution in [0.5, 0.6) is 0 Å². The fraction of sp³-hybridized carbons (Fsp3) is 0.0667. The summed E-state index contributed by atoms with van der Waals surface area (Å²) in [5.74, 6) is -1.95. The average molecular weight is 349 g/mol. The van der Waals surface area contributed by atoms with Gasteiger partial charge in [-0.3, -0.25) is 19.7 Å². The van der Waals surface area contributed by atoms with E-state index in [1.807, 2.05) is 6.92 Å². The molecular formula is C15H13ClN4O4. The zero-order valence-electron chi connectivity index (χ0n) is 12.5. The third kappa shape index (κ3) is 3.99. The van der Waals surface area contributed by atoms with Crippen molar-refractivity contribution in [3.63, 3.8) is 0 Å². The highest BCUT2D eigenvalue weighted by Gasteiger charge is 2.18. The van der Waals surface area contributed by atoms with Crippen LogP contribution in [0.25, 0.3) is 0 Å². The Morgan fingerprint density at radius 2 is 1.79 bits per heavy atom. The molecule has 9 heteroatoms. The minimum Gasteiger partial charge on any atom is -0.397 e. The van der Waals surface area contributed by atoms with E-state index in [9.17, 15) is 19.7 Å². The van der Waals surface area contributed by atoms with Gasteiger partial charge in [-0.1, -0.05) is 17.7 Å². The highest BCUT2D eigenvalue weighted by atomic mass is 35.5. The summed E-state index contributed by atoms with van der Waals surface area (Å²) in [5.41, 5.74) is 6.97. The monoisotopic (exact) mass is 348 g/mol. The lowest BCUT2D eigenvalue weighted by atomic mass is 10.2. The molecule has 2 aromatic carbocycles. The lowest BCUT2D eigenvalue weighted by Crippen LogP contribution is -2.29. The van der Waals surface area contributed by atoms with Crippen LogP contribution >= 0.6 is 11.6 Å². The van der Waals surface area contributed by atoms with Gasteiger partial charge in [-0.05, 0) is 36.8 Å². The van der Waals surface area contributed by atoms with Gasteiger partial charge in [-0.15, -0.1) is 0 Å². The molecule has 0 spiro atoms. The Labute approximate surface area is 141 Å². The third-order valence-corrected chi connectivity index (χ3v) is 3.38. The number of hydrogen-bond acceptors (Lipinski definition) is 5. The van der Waals surface area contributed by atoms with E-state index in [-0.39, 0.29) is 16.4 Å². The number of nitro benzene ring substituents is 1. The van der Waals surface area contributed by atoms with Crippen molar-refractivity contribution in [1.82, 2.24) is 0 Å². The van der Waals surface area contributed by atoms with E-state index >= 15 is 0 Å². The van der Waals surface area contributed by atoms with E-state index in [1.54, 1.807) is 18.2 Å². The van der Waals surface area contributed by atoms with E-state index in [0.29, 0.717) is 11.4 Å². The Hall–Kier alpha value is -3.13. The second kappa shape index (κ2) is 6.97. The van der Waals surface area contributed by atoms with Crippen LogP contribution < -0.4 is 16.4 Å². The van der Waals surface area contributed by atoms with Gasteiger partial charge in [0, 0.05) is 11.8 Å². The van der Waals surface area contributed by atoms with Gasteiger partial charge in [-0.2, -0.15) is 0 Å². The van der Waals surface area contributed by atoms with E-state index in [4.69, 9.17) is 17.3 Å². The van der Waals surface area contributed by atoms with Crippen molar-refractivity contribution < 1.29 is 14.5 Å². The minimum atomic E-state index is -0.994. The number of halogens is 1. The number of rotatable bonds is 3. The van der Waals surface area contributed by atoms with Crippen LogP contribution in [0, 0.1) is 17.0 Å². The Morgan fingerprint density at radius 1 is 1.12 bits per heavy atom. The number of nitro groups is 1. The normalized spacial score (nSPS) is 10.1. The molecule has 0 aliphatic rings. The summed E-state index contributed by atoms with van der Waals surface area (Å²) in [7, 11) is 0. The standard InChI is InChI=1S/C15H13ClN4O4/c1-8-2-5-12(11(17)6-8)19-15(22)14(21)18-9-3-4-10(16)13(7-9)20(23)24/h2-7H,17H2,1H3,(H,18,21)(H,19,22). The fourth-order valence-electron chi connectivity index (χ4n) is 1.89. The van der Waals surface area contributed by atoms with E-state index < -0.39 is 16.7 Å². The number of amides is 2. The molecule has 124 valence electrons. The minimum absolute atomic E-state index is 0.0723. The third-order valence-electron chi connectivity index (χ3n) is 3.06. The number of carbonyl (C=O) groups is 2. The molecule has 0 aliphatic carbocycles. The maximum absolute atomic E-state index is 11.9. The van der Waals surface area contributed by atoms with Gasteiger partial charge in [0.25, 0.3) is 5.69 Å². The van der Waals surface area contributed by atoms with Crippen LogP contribution in [-0.2, 0) is 9.59 Å². The average Bonchev–Trinajstić information content (AvgIpc) is 2.51. The lowest BCUT2D eigenvalue weighted by molar-refractivity contribution is -0.384. The van der Waals surface area contributed by atoms with Gasteiger partial charge in [-0.25, -0.2) is 0 Å². The summed E-state index contributed by atoms with van der Waals surface area (Å²) in [4.78, 5) is 33.9. The SMILES string of the molecule is Cc1ccc(NC(=O)C(=O)Nc2ccc(Cl)c([N+](=O)[O-])c2)c(N)c1. The maximum Gasteiger partial charge on any atom is 0.314 e. The Kier molecular flexibility index (Phi) is 5.00. The quantitative estimate of drug-likeness (QED) is 0.340. The fourth-order valence-corrected chi connectivity index (χ4v) is 2.08. The van der Waals surface area contributed by atoms with Gasteiger partial charge >= 0.3 is 11.8 Å². The first kappa shape index (κ1) is 17.2. The number of nitrogens with zero attached hydrogens (tertiary/aromatic N) is 1. The zero-order chi connectivity index (χ0) is 17.9. The van der Waals surface area contributed by atoms with Crippen LogP contribution in [0.4, 0.5) is 22.7 Å². The van der Waals surface area contributed by atoms with E-state index in [0.717, 1.165) is 11.6 Å². The largest absolute Gasteiger partial charge is 0.397 e. The number of hydrogen-bond donors (Lipinski definition) is 3. The van der Waals surface area contributed by atoms with E-state index in [2.05, 4.69) is 10.6 Å². The highest BCUT2D eigenvalue weighted by Crippen LogP contribution is 2.27. The number of nitrogens with two attached hydrogens (primary N) is 1. The topological polar surface area (TPSA) is 127 Å². The highest BCUT2D eigenvalue weighted by molar-refractivity contribution is 6.44. The van der Waals surface area contributed by atoms with Crippen molar-refractivity contribution in [3.05, 3.63) is 57.1 Å². The molecular weight excluding hydrogens is 336 g/mol. The molecule has 2 rings (SSSR count). The Morgan fingerprint density at radius 3 is 2.42 bits per heavy atom. The van der Waals surface area contributed by atoms with Gasteiger partial charge in [0.1, 0.15) is 5.02 Å². The molecule has 2 aromatic rings. The number of benzene rings is 2. The molecule has 0 aliphatic heterocycles. The molecule has 0 saturated heterocycles. The summed E-state index contributed by atoms with van der Waals surface area (Å²) in [5, 5.41) is 15.4. The summed E-state index contributed by atoms with van der Waals surface area (Å²) < 4.78 is 0. The summed E-state index contributed by atoms with van der Waals surface area (Å²) in [6, 6.07) is 8.62. The first-order chi connectivity index (χ1) is 11.3. The van der Waals surface area contributed by atoms with Crippen molar-refractivity contribution in [2.45, 2.75) is 6.92 Å². The predicted octanol–water partition coefficient (Wildman–Crippen LogP) is 2.72. The molecule has 0 atom stereocenters. The van der Waals surface area contributed by atoms with Gasteiger partial charge < -0.3 is 16.4 Å². The van der Waals surface area contributed by atoms with Gasteiger partial charge in [0.15, 0.2) is 0 Å². The van der Waals surface area contributed by atoms with Crippen molar-refractivity contribution in [2.24, 2.45) is 0 Å². The molecule has 4 N–H and O–H groups in total. The molecule has 0 fully saturated rings. The predicted molar refractivity (Wildman–Crippen MR) is 91.0 cm³/mol. The van der Waals surface area contributed by atoms with E-state index in [1.165, 1.54) is 12.1 Å². The van der Waals surface area contributed by atoms with Crippen LogP contribution in [0.1, 0.15) is 5.56 Å². The van der Waals surface area contributed by atoms with Crippen LogP contribution in [0.3, 0.4) is 0 Å². The van der Waals surface area contributed by atoms with Crippen molar-refractivity contribution in [1.29, 1.82) is 0 Å². The van der Waals surface area contributed by atoms with Crippen LogP contribution in [0.2, 0.25) is 5.02 Å². The van der Waals surface area contributed by atoms with Crippen LogP contribution in [-0.4, -0.2) is 16.7 Å². The molecule has 0 radical (unpaired) electrons. The number of anilines is 3. The smallest absolute Gasteiger partial charge is 0.314 e. The van der Waals surface area contributed by atoms with Crippen molar-refractivity contribution in [2.75, 3.05) is 16.4 Å². The number of nitrogen functional groups attached to an aromatic ring is 1. The number of aryl methyl sites for hydroxylation is 1. The van der Waals surface area contributed by atoms with Gasteiger partial charge in [0.2, 0.25) is 0 Å². The summed E-state index contributed by atoms with van der Waals surface area (Å²) >= 11 is 5.68. The maximum atomic E-state index is 11.9. The second-order valence-electron chi connectivity index (χ2n) is 4.92. The lowest BCUT2D eigenvalue weighted by Gasteiger charge is -2.09. The first-order valence-electron chi connectivity index (χ1n) is 6.70. The summed E-state index contributed by atoms with van der Waals surface area (Å²) in [6.45, 7) is 1.84. The molecule has 0 heterocycles. The Balaban J connectivity index is 2.10. The molecule has 0 unspecified atom stereocenters. The molecule has 2 amide bonds. The molecule has 0 aromatic heterocycles. The number of carbonyl (C=O) groups excluding carboxylic acids is 2. The first-order valence-corrected chi connectivity index (χ1v) is 7.08. The zero-order valence-corrected chi connectivity index (χ0v) is 13.3.